The Morgan fingerprint density at radius 1 is 1.27 bits per heavy atom. The van der Waals surface area contributed by atoms with Crippen molar-refractivity contribution in [3.63, 3.8) is 0 Å². The van der Waals surface area contributed by atoms with Gasteiger partial charge >= 0.3 is 0 Å². The molecule has 0 aliphatic carbocycles. The van der Waals surface area contributed by atoms with Gasteiger partial charge in [-0.05, 0) is 49.4 Å². The second-order valence-corrected chi connectivity index (χ2v) is 6.61. The molecule has 3 aromatic rings. The van der Waals surface area contributed by atoms with E-state index < -0.39 is 5.25 Å². The van der Waals surface area contributed by atoms with Gasteiger partial charge in [0.15, 0.2) is 0 Å². The molecule has 26 heavy (non-hydrogen) atoms. The van der Waals surface area contributed by atoms with Crippen molar-refractivity contribution in [2.75, 3.05) is 5.32 Å². The SMILES string of the molecule is C[C@@H](Sc1nnc(-c2ccc(F)cc2)o1)C(=O)Nc1cccc(C#N)c1. The van der Waals surface area contributed by atoms with Crippen molar-refractivity contribution in [1.29, 1.82) is 5.26 Å². The third-order valence-corrected chi connectivity index (χ3v) is 4.34. The maximum atomic E-state index is 13.0. The molecule has 1 aromatic heterocycles. The molecule has 0 radical (unpaired) electrons. The number of hydrogen-bond acceptors (Lipinski definition) is 6. The molecule has 1 amide bonds. The number of carbonyl (C=O) groups excluding carboxylic acids is 1. The molecule has 0 spiro atoms. The number of hydrogen-bond donors (Lipinski definition) is 1. The molecule has 0 saturated carbocycles. The van der Waals surface area contributed by atoms with E-state index in [4.69, 9.17) is 9.68 Å². The summed E-state index contributed by atoms with van der Waals surface area (Å²) in [6.45, 7) is 1.70. The molecule has 6 nitrogen and oxygen atoms in total. The van der Waals surface area contributed by atoms with Gasteiger partial charge in [0.1, 0.15) is 5.82 Å². The van der Waals surface area contributed by atoms with Gasteiger partial charge in [-0.15, -0.1) is 10.2 Å². The minimum atomic E-state index is -0.498. The molecule has 1 atom stereocenters. The number of nitrogens with zero attached hydrogens (tertiary/aromatic N) is 3. The molecule has 0 unspecified atom stereocenters. The Labute approximate surface area is 153 Å². The monoisotopic (exact) mass is 368 g/mol. The van der Waals surface area contributed by atoms with Gasteiger partial charge in [0, 0.05) is 11.3 Å². The number of nitriles is 1. The van der Waals surface area contributed by atoms with Crippen molar-refractivity contribution >= 4 is 23.4 Å². The van der Waals surface area contributed by atoms with Crippen LogP contribution in [-0.2, 0) is 4.79 Å². The summed E-state index contributed by atoms with van der Waals surface area (Å²) >= 11 is 1.11. The fourth-order valence-electron chi connectivity index (χ4n) is 2.08. The van der Waals surface area contributed by atoms with E-state index in [2.05, 4.69) is 15.5 Å². The maximum Gasteiger partial charge on any atom is 0.277 e. The summed E-state index contributed by atoms with van der Waals surface area (Å²) in [4.78, 5) is 12.3. The highest BCUT2D eigenvalue weighted by atomic mass is 32.2. The quantitative estimate of drug-likeness (QED) is 0.688. The number of thioether (sulfide) groups is 1. The van der Waals surface area contributed by atoms with E-state index in [1.54, 1.807) is 31.2 Å². The second-order valence-electron chi connectivity index (χ2n) is 5.32. The van der Waals surface area contributed by atoms with Crippen LogP contribution in [-0.4, -0.2) is 21.4 Å². The summed E-state index contributed by atoms with van der Waals surface area (Å²) in [5.74, 6) is -0.359. The summed E-state index contributed by atoms with van der Waals surface area (Å²) in [6.07, 6.45) is 0. The molecule has 1 heterocycles. The Bertz CT molecular complexity index is 966. The zero-order valence-electron chi connectivity index (χ0n) is 13.6. The topological polar surface area (TPSA) is 91.8 Å². The normalized spacial score (nSPS) is 11.6. The van der Waals surface area contributed by atoms with E-state index in [1.165, 1.54) is 24.3 Å². The van der Waals surface area contributed by atoms with E-state index in [1.807, 2.05) is 6.07 Å². The lowest BCUT2D eigenvalue weighted by molar-refractivity contribution is -0.115. The predicted octanol–water partition coefficient (Wildman–Crippen LogP) is 3.87. The highest BCUT2D eigenvalue weighted by Gasteiger charge is 2.19. The molecular weight excluding hydrogens is 355 g/mol. The fourth-order valence-corrected chi connectivity index (χ4v) is 2.77. The second kappa shape index (κ2) is 7.80. The van der Waals surface area contributed by atoms with Crippen LogP contribution in [0.2, 0.25) is 0 Å². The molecule has 0 aliphatic rings. The standard InChI is InChI=1S/C18H13FN4O2S/c1-11(16(24)21-15-4-2-3-12(9-15)10-20)26-18-23-22-17(25-18)13-5-7-14(19)8-6-13/h2-9,11H,1H3,(H,21,24)/t11-/m1/s1. The number of anilines is 1. The van der Waals surface area contributed by atoms with E-state index in [9.17, 15) is 9.18 Å². The third-order valence-electron chi connectivity index (χ3n) is 3.40. The summed E-state index contributed by atoms with van der Waals surface area (Å²) in [5, 5.41) is 19.2. The molecule has 0 fully saturated rings. The van der Waals surface area contributed by atoms with Gasteiger partial charge in [-0.1, -0.05) is 17.8 Å². The molecule has 3 rings (SSSR count). The van der Waals surface area contributed by atoms with Gasteiger partial charge in [0.05, 0.1) is 16.9 Å². The number of nitrogens with one attached hydrogen (secondary N) is 1. The molecule has 8 heteroatoms. The molecular formula is C18H13FN4O2S. The fraction of sp³-hybridized carbons (Fsp3) is 0.111. The van der Waals surface area contributed by atoms with Crippen molar-refractivity contribution in [2.45, 2.75) is 17.4 Å². The zero-order valence-corrected chi connectivity index (χ0v) is 14.5. The van der Waals surface area contributed by atoms with Gasteiger partial charge in [0.2, 0.25) is 11.8 Å². The number of rotatable bonds is 5. The summed E-state index contributed by atoms with van der Waals surface area (Å²) < 4.78 is 18.5. The van der Waals surface area contributed by atoms with Crippen LogP contribution >= 0.6 is 11.8 Å². The van der Waals surface area contributed by atoms with Crippen molar-refractivity contribution in [3.05, 3.63) is 59.9 Å². The molecule has 0 aliphatic heterocycles. The number of benzene rings is 2. The zero-order chi connectivity index (χ0) is 18.5. The first kappa shape index (κ1) is 17.6. The number of halogens is 1. The lowest BCUT2D eigenvalue weighted by atomic mass is 10.2. The van der Waals surface area contributed by atoms with Gasteiger partial charge in [-0.3, -0.25) is 4.79 Å². The van der Waals surface area contributed by atoms with E-state index in [-0.39, 0.29) is 22.8 Å². The van der Waals surface area contributed by atoms with Crippen LogP contribution < -0.4 is 5.32 Å². The first-order valence-corrected chi connectivity index (χ1v) is 8.50. The van der Waals surface area contributed by atoms with Crippen LogP contribution in [0.5, 0.6) is 0 Å². The van der Waals surface area contributed by atoms with E-state index in [0.29, 0.717) is 16.8 Å². The van der Waals surface area contributed by atoms with Crippen molar-refractivity contribution in [2.24, 2.45) is 0 Å². The van der Waals surface area contributed by atoms with E-state index >= 15 is 0 Å². The van der Waals surface area contributed by atoms with Gasteiger partial charge in [-0.2, -0.15) is 5.26 Å². The number of carbonyl (C=O) groups is 1. The Morgan fingerprint density at radius 2 is 2.04 bits per heavy atom. The smallest absolute Gasteiger partial charge is 0.277 e. The number of aromatic nitrogens is 2. The first-order chi connectivity index (χ1) is 12.5. The molecule has 0 bridgehead atoms. The van der Waals surface area contributed by atoms with Crippen LogP contribution in [0.3, 0.4) is 0 Å². The van der Waals surface area contributed by atoms with Crippen molar-refractivity contribution < 1.29 is 13.6 Å². The Kier molecular flexibility index (Phi) is 5.29. The third kappa shape index (κ3) is 4.26. The average Bonchev–Trinajstić information content (AvgIpc) is 3.11. The summed E-state index contributed by atoms with van der Waals surface area (Å²) in [5.41, 5.74) is 1.60. The minimum Gasteiger partial charge on any atom is -0.411 e. The van der Waals surface area contributed by atoms with Gasteiger partial charge in [0.25, 0.3) is 5.22 Å². The van der Waals surface area contributed by atoms with Gasteiger partial charge < -0.3 is 9.73 Å². The molecule has 0 saturated heterocycles. The Hall–Kier alpha value is -3.18. The highest BCUT2D eigenvalue weighted by molar-refractivity contribution is 8.00. The van der Waals surface area contributed by atoms with Crippen molar-refractivity contribution in [3.8, 4) is 17.5 Å². The van der Waals surface area contributed by atoms with E-state index in [0.717, 1.165) is 11.8 Å². The highest BCUT2D eigenvalue weighted by Crippen LogP contribution is 2.27. The Morgan fingerprint density at radius 3 is 2.77 bits per heavy atom. The minimum absolute atomic E-state index is 0.234. The van der Waals surface area contributed by atoms with Crippen LogP contribution in [0.1, 0.15) is 12.5 Å². The maximum absolute atomic E-state index is 13.0. The first-order valence-electron chi connectivity index (χ1n) is 7.62. The molecule has 1 N–H and O–H groups in total. The number of amides is 1. The average molecular weight is 368 g/mol. The van der Waals surface area contributed by atoms with Crippen LogP contribution in [0.25, 0.3) is 11.5 Å². The van der Waals surface area contributed by atoms with Crippen LogP contribution in [0.15, 0.2) is 58.2 Å². The largest absolute Gasteiger partial charge is 0.411 e. The van der Waals surface area contributed by atoms with Gasteiger partial charge in [-0.25, -0.2) is 4.39 Å². The van der Waals surface area contributed by atoms with Crippen LogP contribution in [0.4, 0.5) is 10.1 Å². The summed E-state index contributed by atoms with van der Waals surface area (Å²) in [6, 6.07) is 14.3. The lowest BCUT2D eigenvalue weighted by Crippen LogP contribution is -2.22. The lowest BCUT2D eigenvalue weighted by Gasteiger charge is -2.09. The van der Waals surface area contributed by atoms with Crippen LogP contribution in [0, 0.1) is 17.1 Å². The Balaban J connectivity index is 1.64. The molecule has 130 valence electrons. The molecule has 2 aromatic carbocycles. The predicted molar refractivity (Wildman–Crippen MR) is 94.8 cm³/mol. The van der Waals surface area contributed by atoms with Crippen molar-refractivity contribution in [1.82, 2.24) is 10.2 Å². The summed E-state index contributed by atoms with van der Waals surface area (Å²) in [7, 11) is 0.